The standard InChI is InChI=1S/C19H17FN2O2/c1-12-7-8-14(9-13(12)2)19(23)21-11-15-10-18(24-22-15)16-5-3-4-6-17(16)20/h3-10H,11H2,1-2H3,(H,21,23). The van der Waals surface area contributed by atoms with E-state index in [1.54, 1.807) is 30.3 Å². The number of benzene rings is 2. The maximum atomic E-state index is 13.7. The van der Waals surface area contributed by atoms with Crippen molar-refractivity contribution in [2.75, 3.05) is 0 Å². The van der Waals surface area contributed by atoms with E-state index in [2.05, 4.69) is 10.5 Å². The second-order valence-corrected chi connectivity index (χ2v) is 5.64. The molecule has 1 heterocycles. The van der Waals surface area contributed by atoms with Crippen LogP contribution >= 0.6 is 0 Å². The molecule has 3 rings (SSSR count). The normalized spacial score (nSPS) is 10.6. The minimum Gasteiger partial charge on any atom is -0.356 e. The molecule has 5 heteroatoms. The van der Waals surface area contributed by atoms with E-state index in [0.717, 1.165) is 11.1 Å². The van der Waals surface area contributed by atoms with Crippen LogP contribution < -0.4 is 5.32 Å². The van der Waals surface area contributed by atoms with Crippen molar-refractivity contribution in [2.45, 2.75) is 20.4 Å². The highest BCUT2D eigenvalue weighted by molar-refractivity contribution is 5.94. The number of carbonyl (C=O) groups is 1. The molecule has 0 saturated carbocycles. The van der Waals surface area contributed by atoms with Crippen molar-refractivity contribution in [1.29, 1.82) is 0 Å². The third-order valence-corrected chi connectivity index (χ3v) is 3.90. The number of hydrogen-bond acceptors (Lipinski definition) is 3. The van der Waals surface area contributed by atoms with E-state index in [4.69, 9.17) is 4.52 Å². The van der Waals surface area contributed by atoms with Gasteiger partial charge in [0.05, 0.1) is 12.1 Å². The van der Waals surface area contributed by atoms with Gasteiger partial charge in [0.25, 0.3) is 5.91 Å². The van der Waals surface area contributed by atoms with Crippen LogP contribution in [0.3, 0.4) is 0 Å². The Kier molecular flexibility index (Phi) is 4.42. The molecule has 4 nitrogen and oxygen atoms in total. The van der Waals surface area contributed by atoms with Crippen molar-refractivity contribution in [1.82, 2.24) is 10.5 Å². The Hall–Kier alpha value is -2.95. The smallest absolute Gasteiger partial charge is 0.251 e. The van der Waals surface area contributed by atoms with Gasteiger partial charge in [-0.1, -0.05) is 23.4 Å². The highest BCUT2D eigenvalue weighted by Crippen LogP contribution is 2.23. The highest BCUT2D eigenvalue weighted by Gasteiger charge is 2.12. The molecule has 0 saturated heterocycles. The Labute approximate surface area is 139 Å². The molecule has 0 spiro atoms. The molecule has 0 atom stereocenters. The fourth-order valence-corrected chi connectivity index (χ4v) is 2.34. The van der Waals surface area contributed by atoms with Gasteiger partial charge in [0, 0.05) is 11.6 Å². The summed E-state index contributed by atoms with van der Waals surface area (Å²) in [4.78, 5) is 12.2. The number of aromatic nitrogens is 1. The van der Waals surface area contributed by atoms with E-state index in [1.807, 2.05) is 26.0 Å². The molecule has 122 valence electrons. The van der Waals surface area contributed by atoms with Crippen LogP contribution in [0.1, 0.15) is 27.2 Å². The number of hydrogen-bond donors (Lipinski definition) is 1. The fraction of sp³-hybridized carbons (Fsp3) is 0.158. The average Bonchev–Trinajstić information content (AvgIpc) is 3.04. The lowest BCUT2D eigenvalue weighted by atomic mass is 10.1. The maximum Gasteiger partial charge on any atom is 0.251 e. The van der Waals surface area contributed by atoms with Crippen molar-refractivity contribution < 1.29 is 13.7 Å². The van der Waals surface area contributed by atoms with E-state index in [-0.39, 0.29) is 18.3 Å². The van der Waals surface area contributed by atoms with Crippen molar-refractivity contribution in [2.24, 2.45) is 0 Å². The summed E-state index contributed by atoms with van der Waals surface area (Å²) in [7, 11) is 0. The summed E-state index contributed by atoms with van der Waals surface area (Å²) >= 11 is 0. The van der Waals surface area contributed by atoms with E-state index in [1.165, 1.54) is 6.07 Å². The summed E-state index contributed by atoms with van der Waals surface area (Å²) in [6, 6.07) is 13.5. The van der Waals surface area contributed by atoms with Gasteiger partial charge in [-0.3, -0.25) is 4.79 Å². The van der Waals surface area contributed by atoms with Crippen molar-refractivity contribution >= 4 is 5.91 Å². The largest absolute Gasteiger partial charge is 0.356 e. The Morgan fingerprint density at radius 3 is 2.67 bits per heavy atom. The third-order valence-electron chi connectivity index (χ3n) is 3.90. The Bertz CT molecular complexity index is 887. The van der Waals surface area contributed by atoms with Gasteiger partial charge in [-0.2, -0.15) is 0 Å². The van der Waals surface area contributed by atoms with Crippen LogP contribution in [0.5, 0.6) is 0 Å². The van der Waals surface area contributed by atoms with Gasteiger partial charge in [-0.05, 0) is 49.2 Å². The molecule has 24 heavy (non-hydrogen) atoms. The summed E-state index contributed by atoms with van der Waals surface area (Å²) in [5.41, 5.74) is 3.67. The van der Waals surface area contributed by atoms with E-state index < -0.39 is 0 Å². The molecule has 0 fully saturated rings. The molecular formula is C19H17FN2O2. The van der Waals surface area contributed by atoms with Crippen molar-refractivity contribution in [3.8, 4) is 11.3 Å². The zero-order valence-electron chi connectivity index (χ0n) is 13.5. The lowest BCUT2D eigenvalue weighted by molar-refractivity contribution is 0.0950. The molecule has 1 amide bonds. The first-order chi connectivity index (χ1) is 11.5. The van der Waals surface area contributed by atoms with Crippen LogP contribution in [0.25, 0.3) is 11.3 Å². The first kappa shape index (κ1) is 15.9. The second kappa shape index (κ2) is 6.66. The van der Waals surface area contributed by atoms with Crippen LogP contribution in [0.4, 0.5) is 4.39 Å². The van der Waals surface area contributed by atoms with Crippen LogP contribution in [-0.2, 0) is 6.54 Å². The SMILES string of the molecule is Cc1ccc(C(=O)NCc2cc(-c3ccccc3F)on2)cc1C. The number of carbonyl (C=O) groups excluding carboxylic acids is 1. The van der Waals surface area contributed by atoms with E-state index in [0.29, 0.717) is 22.6 Å². The maximum absolute atomic E-state index is 13.7. The summed E-state index contributed by atoms with van der Waals surface area (Å²) in [5, 5.41) is 6.66. The lowest BCUT2D eigenvalue weighted by Gasteiger charge is -2.05. The lowest BCUT2D eigenvalue weighted by Crippen LogP contribution is -2.23. The predicted octanol–water partition coefficient (Wildman–Crippen LogP) is 4.03. The van der Waals surface area contributed by atoms with Crippen LogP contribution in [-0.4, -0.2) is 11.1 Å². The quantitative estimate of drug-likeness (QED) is 0.788. The Balaban J connectivity index is 1.68. The topological polar surface area (TPSA) is 55.1 Å². The van der Waals surface area contributed by atoms with Crippen molar-refractivity contribution in [3.63, 3.8) is 0 Å². The van der Waals surface area contributed by atoms with Crippen LogP contribution in [0, 0.1) is 19.7 Å². The summed E-state index contributed by atoms with van der Waals surface area (Å²) in [6.07, 6.45) is 0. The molecule has 1 aromatic heterocycles. The fourth-order valence-electron chi connectivity index (χ4n) is 2.34. The molecule has 1 N–H and O–H groups in total. The van der Waals surface area contributed by atoms with Crippen LogP contribution in [0.2, 0.25) is 0 Å². The summed E-state index contributed by atoms with van der Waals surface area (Å²) in [5.74, 6) is -0.226. The number of nitrogens with zero attached hydrogens (tertiary/aromatic N) is 1. The molecule has 0 aliphatic rings. The van der Waals surface area contributed by atoms with Gasteiger partial charge in [0.2, 0.25) is 0 Å². The second-order valence-electron chi connectivity index (χ2n) is 5.64. The van der Waals surface area contributed by atoms with E-state index >= 15 is 0 Å². The minimum absolute atomic E-state index is 0.187. The van der Waals surface area contributed by atoms with Gasteiger partial charge in [0.15, 0.2) is 5.76 Å². The molecule has 0 aliphatic carbocycles. The zero-order valence-corrected chi connectivity index (χ0v) is 13.5. The van der Waals surface area contributed by atoms with Gasteiger partial charge in [-0.25, -0.2) is 4.39 Å². The molecule has 0 radical (unpaired) electrons. The predicted molar refractivity (Wildman–Crippen MR) is 89.0 cm³/mol. The van der Waals surface area contributed by atoms with Gasteiger partial charge >= 0.3 is 0 Å². The highest BCUT2D eigenvalue weighted by atomic mass is 19.1. The number of halogens is 1. The van der Waals surface area contributed by atoms with Crippen LogP contribution in [0.15, 0.2) is 53.1 Å². The third kappa shape index (κ3) is 3.35. The number of rotatable bonds is 4. The number of aryl methyl sites for hydroxylation is 2. The zero-order chi connectivity index (χ0) is 17.1. The van der Waals surface area contributed by atoms with Gasteiger partial charge < -0.3 is 9.84 Å². The Morgan fingerprint density at radius 2 is 1.92 bits per heavy atom. The van der Waals surface area contributed by atoms with Crippen molar-refractivity contribution in [3.05, 3.63) is 76.7 Å². The molecule has 0 bridgehead atoms. The number of nitrogens with one attached hydrogen (secondary N) is 1. The molecule has 0 unspecified atom stereocenters. The molecule has 0 aliphatic heterocycles. The Morgan fingerprint density at radius 1 is 1.12 bits per heavy atom. The monoisotopic (exact) mass is 324 g/mol. The van der Waals surface area contributed by atoms with Gasteiger partial charge in [0.1, 0.15) is 11.5 Å². The summed E-state index contributed by atoms with van der Waals surface area (Å²) < 4.78 is 18.9. The minimum atomic E-state index is -0.376. The molecule has 3 aromatic rings. The first-order valence-electron chi connectivity index (χ1n) is 7.60. The first-order valence-corrected chi connectivity index (χ1v) is 7.60. The van der Waals surface area contributed by atoms with E-state index in [9.17, 15) is 9.18 Å². The molecule has 2 aromatic carbocycles. The number of amides is 1. The average molecular weight is 324 g/mol. The van der Waals surface area contributed by atoms with Gasteiger partial charge in [-0.15, -0.1) is 0 Å². The summed E-state index contributed by atoms with van der Waals surface area (Å²) in [6.45, 7) is 4.17. The molecular weight excluding hydrogens is 307 g/mol.